The highest BCUT2D eigenvalue weighted by molar-refractivity contribution is 6.30. The zero-order chi connectivity index (χ0) is 24.2. The molecular weight excluding hydrogens is 446 g/mol. The Kier molecular flexibility index (Phi) is 10.4. The maximum atomic E-state index is 12.6. The summed E-state index contributed by atoms with van der Waals surface area (Å²) in [5.41, 5.74) is 1.65. The molecule has 1 unspecified atom stereocenters. The molecule has 3 amide bonds. The lowest BCUT2D eigenvalue weighted by Crippen LogP contribution is -2.54. The molecule has 2 rings (SSSR count). The SMILES string of the molecule is CC[C@H](NC(=O)[C@H](C)NC(=O)OCc1ccccc1)C(=O)NC(C=O)Cc1ccc(Cl)cc1. The molecule has 33 heavy (non-hydrogen) atoms. The molecule has 0 aromatic heterocycles. The van der Waals surface area contributed by atoms with Gasteiger partial charge in [0.1, 0.15) is 25.0 Å². The molecule has 0 saturated heterocycles. The lowest BCUT2D eigenvalue weighted by atomic mass is 10.1. The van der Waals surface area contributed by atoms with Crippen molar-refractivity contribution >= 4 is 35.8 Å². The second-order valence-electron chi connectivity index (χ2n) is 7.48. The number of halogens is 1. The zero-order valence-corrected chi connectivity index (χ0v) is 19.3. The first kappa shape index (κ1) is 25.9. The van der Waals surface area contributed by atoms with E-state index in [1.807, 2.05) is 30.3 Å². The van der Waals surface area contributed by atoms with Crippen molar-refractivity contribution in [2.45, 2.75) is 51.4 Å². The normalized spacial score (nSPS) is 13.2. The predicted molar refractivity (Wildman–Crippen MR) is 125 cm³/mol. The Balaban J connectivity index is 1.83. The van der Waals surface area contributed by atoms with Crippen molar-refractivity contribution < 1.29 is 23.9 Å². The fraction of sp³-hybridized carbons (Fsp3) is 0.333. The van der Waals surface area contributed by atoms with Gasteiger partial charge < -0.3 is 25.5 Å². The van der Waals surface area contributed by atoms with Gasteiger partial charge in [-0.1, -0.05) is 61.0 Å². The minimum Gasteiger partial charge on any atom is -0.445 e. The van der Waals surface area contributed by atoms with E-state index in [9.17, 15) is 19.2 Å². The van der Waals surface area contributed by atoms with E-state index >= 15 is 0 Å². The molecule has 3 N–H and O–H groups in total. The van der Waals surface area contributed by atoms with E-state index in [0.29, 0.717) is 24.2 Å². The molecule has 2 aromatic rings. The number of carbonyl (C=O) groups excluding carboxylic acids is 4. The van der Waals surface area contributed by atoms with Gasteiger partial charge in [0.05, 0.1) is 6.04 Å². The average molecular weight is 474 g/mol. The topological polar surface area (TPSA) is 114 Å². The maximum absolute atomic E-state index is 12.6. The molecule has 2 aromatic carbocycles. The first-order chi connectivity index (χ1) is 15.8. The zero-order valence-electron chi connectivity index (χ0n) is 18.5. The summed E-state index contributed by atoms with van der Waals surface area (Å²) in [6, 6.07) is 13.5. The first-order valence-electron chi connectivity index (χ1n) is 10.6. The van der Waals surface area contributed by atoms with Crippen LogP contribution in [0.25, 0.3) is 0 Å². The molecule has 0 fully saturated rings. The third kappa shape index (κ3) is 8.94. The van der Waals surface area contributed by atoms with Crippen LogP contribution in [0.3, 0.4) is 0 Å². The number of ether oxygens (including phenoxy) is 1. The van der Waals surface area contributed by atoms with E-state index in [-0.39, 0.29) is 6.61 Å². The lowest BCUT2D eigenvalue weighted by Gasteiger charge is -2.22. The Morgan fingerprint density at radius 1 is 0.939 bits per heavy atom. The van der Waals surface area contributed by atoms with Gasteiger partial charge in [-0.25, -0.2) is 4.79 Å². The van der Waals surface area contributed by atoms with Crippen LogP contribution in [0.2, 0.25) is 5.02 Å². The monoisotopic (exact) mass is 473 g/mol. The second-order valence-corrected chi connectivity index (χ2v) is 7.92. The summed E-state index contributed by atoms with van der Waals surface area (Å²) in [6.07, 6.45) is 0.494. The van der Waals surface area contributed by atoms with Crippen molar-refractivity contribution in [3.05, 3.63) is 70.7 Å². The highest BCUT2D eigenvalue weighted by Gasteiger charge is 2.25. The standard InChI is InChI=1S/C24H28ClN3O5/c1-3-21(23(31)27-20(14-29)13-17-9-11-19(25)12-10-17)28-22(30)16(2)26-24(32)33-15-18-7-5-4-6-8-18/h4-12,14,16,20-21H,3,13,15H2,1-2H3,(H,26,32)(H,27,31)(H,28,30)/t16-,20?,21-/m0/s1. The van der Waals surface area contributed by atoms with Crippen LogP contribution in [-0.4, -0.2) is 42.3 Å². The Labute approximate surface area is 198 Å². The van der Waals surface area contributed by atoms with E-state index in [0.717, 1.165) is 11.1 Å². The number of hydrogen-bond acceptors (Lipinski definition) is 5. The summed E-state index contributed by atoms with van der Waals surface area (Å²) in [7, 11) is 0. The summed E-state index contributed by atoms with van der Waals surface area (Å²) in [5, 5.41) is 8.24. The van der Waals surface area contributed by atoms with Crippen molar-refractivity contribution in [3.8, 4) is 0 Å². The molecule has 8 nitrogen and oxygen atoms in total. The minimum atomic E-state index is -0.925. The number of carbonyl (C=O) groups is 4. The highest BCUT2D eigenvalue weighted by atomic mass is 35.5. The largest absolute Gasteiger partial charge is 0.445 e. The molecule has 0 aliphatic rings. The molecular formula is C24H28ClN3O5. The molecule has 3 atom stereocenters. The number of alkyl carbamates (subject to hydrolysis) is 1. The van der Waals surface area contributed by atoms with Crippen LogP contribution in [0.1, 0.15) is 31.4 Å². The number of benzene rings is 2. The predicted octanol–water partition coefficient (Wildman–Crippen LogP) is 2.78. The van der Waals surface area contributed by atoms with Crippen LogP contribution < -0.4 is 16.0 Å². The number of hydrogen-bond donors (Lipinski definition) is 3. The van der Waals surface area contributed by atoms with E-state index in [1.54, 1.807) is 31.2 Å². The van der Waals surface area contributed by atoms with Gasteiger partial charge in [-0.3, -0.25) is 9.59 Å². The van der Waals surface area contributed by atoms with Crippen LogP contribution >= 0.6 is 11.6 Å². The molecule has 0 spiro atoms. The Morgan fingerprint density at radius 3 is 2.21 bits per heavy atom. The minimum absolute atomic E-state index is 0.0711. The van der Waals surface area contributed by atoms with Crippen LogP contribution in [-0.2, 0) is 32.1 Å². The summed E-state index contributed by atoms with van der Waals surface area (Å²) in [6.45, 7) is 3.28. The van der Waals surface area contributed by atoms with Crippen molar-refractivity contribution in [1.82, 2.24) is 16.0 Å². The number of amides is 3. The highest BCUT2D eigenvalue weighted by Crippen LogP contribution is 2.11. The summed E-state index contributed by atoms with van der Waals surface area (Å²) in [4.78, 5) is 48.5. The van der Waals surface area contributed by atoms with Gasteiger partial charge in [-0.05, 0) is 43.0 Å². The van der Waals surface area contributed by atoms with Crippen LogP contribution in [0.5, 0.6) is 0 Å². The van der Waals surface area contributed by atoms with Crippen LogP contribution in [0.4, 0.5) is 4.79 Å². The number of nitrogens with one attached hydrogen (secondary N) is 3. The molecule has 0 aliphatic carbocycles. The third-order valence-electron chi connectivity index (χ3n) is 4.84. The van der Waals surface area contributed by atoms with Crippen molar-refractivity contribution in [3.63, 3.8) is 0 Å². The Bertz CT molecular complexity index is 937. The van der Waals surface area contributed by atoms with Gasteiger partial charge in [0.15, 0.2) is 0 Å². The van der Waals surface area contributed by atoms with Crippen LogP contribution in [0, 0.1) is 0 Å². The van der Waals surface area contributed by atoms with Gasteiger partial charge >= 0.3 is 6.09 Å². The fourth-order valence-electron chi connectivity index (χ4n) is 2.95. The van der Waals surface area contributed by atoms with Gasteiger partial charge in [-0.2, -0.15) is 0 Å². The molecule has 0 bridgehead atoms. The third-order valence-corrected chi connectivity index (χ3v) is 5.09. The second kappa shape index (κ2) is 13.2. The molecule has 0 heterocycles. The maximum Gasteiger partial charge on any atom is 0.408 e. The van der Waals surface area contributed by atoms with Gasteiger partial charge in [-0.15, -0.1) is 0 Å². The molecule has 9 heteroatoms. The molecule has 0 radical (unpaired) electrons. The smallest absolute Gasteiger partial charge is 0.408 e. The summed E-state index contributed by atoms with van der Waals surface area (Å²) in [5.74, 6) is -1.04. The Morgan fingerprint density at radius 2 is 1.61 bits per heavy atom. The van der Waals surface area contributed by atoms with E-state index in [1.165, 1.54) is 6.92 Å². The summed E-state index contributed by atoms with van der Waals surface area (Å²) >= 11 is 5.86. The van der Waals surface area contributed by atoms with E-state index in [2.05, 4.69) is 16.0 Å². The lowest BCUT2D eigenvalue weighted by molar-refractivity contribution is -0.130. The van der Waals surface area contributed by atoms with Crippen molar-refractivity contribution in [2.75, 3.05) is 0 Å². The molecule has 176 valence electrons. The quantitative estimate of drug-likeness (QED) is 0.434. The first-order valence-corrected chi connectivity index (χ1v) is 11.0. The number of aldehydes is 1. The summed E-state index contributed by atoms with van der Waals surface area (Å²) < 4.78 is 5.10. The fourth-order valence-corrected chi connectivity index (χ4v) is 3.07. The molecule has 0 aliphatic heterocycles. The van der Waals surface area contributed by atoms with Gasteiger partial charge in [0, 0.05) is 5.02 Å². The van der Waals surface area contributed by atoms with Crippen molar-refractivity contribution in [1.29, 1.82) is 0 Å². The van der Waals surface area contributed by atoms with Crippen LogP contribution in [0.15, 0.2) is 54.6 Å². The number of rotatable bonds is 11. The van der Waals surface area contributed by atoms with Gasteiger partial charge in [0.25, 0.3) is 0 Å². The Hall–Kier alpha value is -3.39. The molecule has 0 saturated carbocycles. The van der Waals surface area contributed by atoms with Crippen molar-refractivity contribution in [2.24, 2.45) is 0 Å². The van der Waals surface area contributed by atoms with Gasteiger partial charge in [0.2, 0.25) is 11.8 Å². The van der Waals surface area contributed by atoms with E-state index in [4.69, 9.17) is 16.3 Å². The average Bonchev–Trinajstić information content (AvgIpc) is 2.82. The van der Waals surface area contributed by atoms with E-state index < -0.39 is 36.0 Å².